The summed E-state index contributed by atoms with van der Waals surface area (Å²) in [5.41, 5.74) is 5.29. The van der Waals surface area contributed by atoms with Crippen LogP contribution in [0.25, 0.3) is 0 Å². The van der Waals surface area contributed by atoms with E-state index in [0.717, 1.165) is 23.1 Å². The number of pyridine rings is 1. The summed E-state index contributed by atoms with van der Waals surface area (Å²) in [4.78, 5) is 0. The first-order valence-electron chi connectivity index (χ1n) is 9.14. The Morgan fingerprint density at radius 1 is 0.929 bits per heavy atom. The smallest absolute Gasteiger partial charge is 0.190 e. The number of hydrogen-bond acceptors (Lipinski definition) is 2. The second-order valence-electron chi connectivity index (χ2n) is 7.45. The van der Waals surface area contributed by atoms with Gasteiger partial charge < -0.3 is 21.2 Å². The lowest BCUT2D eigenvalue weighted by molar-refractivity contribution is -0.732. The molecular formula is C23H17ClFNO2. The van der Waals surface area contributed by atoms with Gasteiger partial charge in [-0.25, -0.2) is 4.39 Å². The van der Waals surface area contributed by atoms with Gasteiger partial charge in [-0.3, -0.25) is 0 Å². The highest BCUT2D eigenvalue weighted by molar-refractivity contribution is 5.53. The van der Waals surface area contributed by atoms with Gasteiger partial charge in [-0.05, 0) is 35.9 Å². The van der Waals surface area contributed by atoms with Gasteiger partial charge in [-0.1, -0.05) is 6.07 Å². The molecule has 2 atom stereocenters. The zero-order valence-electron chi connectivity index (χ0n) is 14.9. The third-order valence-electron chi connectivity index (χ3n) is 6.35. The third kappa shape index (κ3) is 2.07. The van der Waals surface area contributed by atoms with E-state index in [0.29, 0.717) is 0 Å². The maximum Gasteiger partial charge on any atom is 0.190 e. The average molecular weight is 394 g/mol. The van der Waals surface area contributed by atoms with Gasteiger partial charge in [-0.2, -0.15) is 4.57 Å². The Morgan fingerprint density at radius 3 is 2.36 bits per heavy atom. The third-order valence-corrected chi connectivity index (χ3v) is 6.35. The summed E-state index contributed by atoms with van der Waals surface area (Å²) in [7, 11) is 0. The molecule has 7 rings (SSSR count). The van der Waals surface area contributed by atoms with E-state index in [1.54, 1.807) is 24.7 Å². The molecule has 1 aliphatic carbocycles. The van der Waals surface area contributed by atoms with E-state index in [-0.39, 0.29) is 35.6 Å². The minimum atomic E-state index is -0.354. The standard InChI is InChI=1S/C23H17FNO2.ClH/c24-17-4-5-18-19(11-17)22-20-3-1-2-8-25(20)21(18)12-23(22,15-6-9-26-13-15)16-7-10-27-14-16;/h1-11,13-14,21-22H,12H2;1H/q+1;/p-1. The van der Waals surface area contributed by atoms with Crippen molar-refractivity contribution >= 4 is 0 Å². The zero-order valence-corrected chi connectivity index (χ0v) is 15.6. The van der Waals surface area contributed by atoms with Crippen LogP contribution in [0.4, 0.5) is 4.39 Å². The Labute approximate surface area is 167 Å². The molecule has 1 aromatic carbocycles. The Bertz CT molecular complexity index is 1100. The molecule has 0 amide bonds. The van der Waals surface area contributed by atoms with Crippen LogP contribution in [0, 0.1) is 5.82 Å². The first-order valence-corrected chi connectivity index (χ1v) is 9.14. The number of halogens is 2. The van der Waals surface area contributed by atoms with Gasteiger partial charge in [0.05, 0.1) is 36.4 Å². The minimum absolute atomic E-state index is 0. The highest BCUT2D eigenvalue weighted by Crippen LogP contribution is 2.59. The lowest BCUT2D eigenvalue weighted by Crippen LogP contribution is -3.00. The number of aromatic nitrogens is 1. The number of furan rings is 2. The molecule has 28 heavy (non-hydrogen) atoms. The van der Waals surface area contributed by atoms with Gasteiger partial charge in [-0.15, -0.1) is 0 Å². The van der Waals surface area contributed by atoms with Crippen molar-refractivity contribution in [1.82, 2.24) is 0 Å². The first kappa shape index (κ1) is 17.3. The molecule has 5 heteroatoms. The van der Waals surface area contributed by atoms with Crippen molar-refractivity contribution in [1.29, 1.82) is 0 Å². The normalized spacial score (nSPS) is 20.9. The van der Waals surface area contributed by atoms with Crippen LogP contribution in [-0.2, 0) is 5.41 Å². The molecule has 140 valence electrons. The summed E-state index contributed by atoms with van der Waals surface area (Å²) in [5.74, 6) is -0.221. The number of fused-ring (bicyclic) bond motifs is 1. The number of rotatable bonds is 2. The number of benzene rings is 1. The maximum absolute atomic E-state index is 14.3. The summed E-state index contributed by atoms with van der Waals surface area (Å²) in [5, 5.41) is 0. The highest BCUT2D eigenvalue weighted by Gasteiger charge is 2.60. The zero-order chi connectivity index (χ0) is 18.0. The summed E-state index contributed by atoms with van der Waals surface area (Å²) in [6.07, 6.45) is 10.1. The molecule has 0 saturated carbocycles. The largest absolute Gasteiger partial charge is 1.00 e. The molecule has 0 N–H and O–H groups in total. The molecule has 0 fully saturated rings. The lowest BCUT2D eigenvalue weighted by Gasteiger charge is -2.48. The summed E-state index contributed by atoms with van der Waals surface area (Å²) in [6.45, 7) is 0. The number of hydrogen-bond donors (Lipinski definition) is 0. The van der Waals surface area contributed by atoms with Crippen molar-refractivity contribution in [3.8, 4) is 0 Å². The van der Waals surface area contributed by atoms with E-state index in [2.05, 4.69) is 29.0 Å². The molecular weight excluding hydrogens is 377 g/mol. The van der Waals surface area contributed by atoms with Crippen LogP contribution >= 0.6 is 0 Å². The van der Waals surface area contributed by atoms with E-state index >= 15 is 0 Å². The summed E-state index contributed by atoms with van der Waals surface area (Å²) < 4.78 is 27.6. The molecule has 2 bridgehead atoms. The molecule has 3 aromatic heterocycles. The van der Waals surface area contributed by atoms with Crippen LogP contribution in [-0.4, -0.2) is 0 Å². The van der Waals surface area contributed by atoms with Crippen molar-refractivity contribution in [2.45, 2.75) is 23.8 Å². The Kier molecular flexibility index (Phi) is 3.75. The molecule has 0 spiro atoms. The molecule has 0 saturated heterocycles. The second-order valence-corrected chi connectivity index (χ2v) is 7.45. The predicted octanol–water partition coefficient (Wildman–Crippen LogP) is 1.73. The van der Waals surface area contributed by atoms with Crippen LogP contribution in [0.15, 0.2) is 88.6 Å². The molecule has 4 aromatic rings. The predicted molar refractivity (Wildman–Crippen MR) is 95.8 cm³/mol. The van der Waals surface area contributed by atoms with E-state index in [4.69, 9.17) is 8.83 Å². The van der Waals surface area contributed by atoms with Crippen molar-refractivity contribution < 1.29 is 30.2 Å². The van der Waals surface area contributed by atoms with Crippen LogP contribution in [0.2, 0.25) is 0 Å². The maximum atomic E-state index is 14.3. The van der Waals surface area contributed by atoms with Crippen molar-refractivity contribution in [2.24, 2.45) is 0 Å². The van der Waals surface area contributed by atoms with Crippen molar-refractivity contribution in [3.63, 3.8) is 0 Å². The lowest BCUT2D eigenvalue weighted by atomic mass is 9.54. The molecule has 5 heterocycles. The Morgan fingerprint density at radius 2 is 1.68 bits per heavy atom. The Balaban J connectivity index is 0.00000171. The van der Waals surface area contributed by atoms with Gasteiger partial charge in [0.25, 0.3) is 0 Å². The summed E-state index contributed by atoms with van der Waals surface area (Å²) in [6, 6.07) is 15.7. The second kappa shape index (κ2) is 6.08. The molecule has 2 aliphatic heterocycles. The fourth-order valence-electron chi connectivity index (χ4n) is 5.33. The molecule has 0 radical (unpaired) electrons. The average Bonchev–Trinajstić information content (AvgIpc) is 3.42. The first-order chi connectivity index (χ1) is 13.3. The molecule has 2 unspecified atom stereocenters. The SMILES string of the molecule is Fc1ccc2c(c1)C1c3cccc[n+]3C2CC1(c1ccoc1)c1ccoc1.[Cl-]. The van der Waals surface area contributed by atoms with Crippen LogP contribution < -0.4 is 17.0 Å². The topological polar surface area (TPSA) is 30.2 Å². The van der Waals surface area contributed by atoms with Gasteiger partial charge in [0.15, 0.2) is 17.9 Å². The van der Waals surface area contributed by atoms with E-state index in [1.807, 2.05) is 30.7 Å². The van der Waals surface area contributed by atoms with Crippen LogP contribution in [0.1, 0.15) is 46.3 Å². The van der Waals surface area contributed by atoms with Gasteiger partial charge >= 0.3 is 0 Å². The highest BCUT2D eigenvalue weighted by atomic mass is 35.5. The van der Waals surface area contributed by atoms with Crippen LogP contribution in [0.3, 0.4) is 0 Å². The minimum Gasteiger partial charge on any atom is -1.00 e. The molecule has 3 aliphatic rings. The van der Waals surface area contributed by atoms with Gasteiger partial charge in [0.2, 0.25) is 0 Å². The monoisotopic (exact) mass is 393 g/mol. The van der Waals surface area contributed by atoms with E-state index in [9.17, 15) is 4.39 Å². The fourth-order valence-corrected chi connectivity index (χ4v) is 5.33. The van der Waals surface area contributed by atoms with Crippen molar-refractivity contribution in [2.75, 3.05) is 0 Å². The van der Waals surface area contributed by atoms with Gasteiger partial charge in [0, 0.05) is 35.2 Å². The number of nitrogens with zero attached hydrogens (tertiary/aromatic N) is 1. The quantitative estimate of drug-likeness (QED) is 0.485. The van der Waals surface area contributed by atoms with E-state index in [1.165, 1.54) is 11.3 Å². The van der Waals surface area contributed by atoms with Crippen molar-refractivity contribution in [3.05, 3.63) is 114 Å². The van der Waals surface area contributed by atoms with Crippen LogP contribution in [0.5, 0.6) is 0 Å². The summed E-state index contributed by atoms with van der Waals surface area (Å²) >= 11 is 0. The van der Waals surface area contributed by atoms with E-state index < -0.39 is 0 Å². The Hall–Kier alpha value is -2.85. The van der Waals surface area contributed by atoms with Gasteiger partial charge in [0.1, 0.15) is 5.82 Å². The fraction of sp³-hybridized carbons (Fsp3) is 0.174. The molecule has 3 nitrogen and oxygen atoms in total.